The van der Waals surface area contributed by atoms with Crippen molar-refractivity contribution in [2.45, 2.75) is 72.0 Å². The fourth-order valence-electron chi connectivity index (χ4n) is 3.76. The van der Waals surface area contributed by atoms with Crippen molar-refractivity contribution >= 4 is 5.96 Å². The predicted octanol–water partition coefficient (Wildman–Crippen LogP) is 3.36. The lowest BCUT2D eigenvalue weighted by atomic mass is 10.1. The summed E-state index contributed by atoms with van der Waals surface area (Å²) in [5.74, 6) is 4.59. The number of guanidine groups is 1. The molecule has 0 unspecified atom stereocenters. The van der Waals surface area contributed by atoms with Crippen LogP contribution in [0.25, 0.3) is 0 Å². The van der Waals surface area contributed by atoms with Crippen molar-refractivity contribution in [1.29, 1.82) is 0 Å². The molecule has 2 aliphatic rings. The van der Waals surface area contributed by atoms with E-state index in [0.717, 1.165) is 61.0 Å². The Balaban J connectivity index is 1.41. The molecule has 0 saturated heterocycles. The van der Waals surface area contributed by atoms with Gasteiger partial charge in [-0.05, 0) is 57.1 Å². The van der Waals surface area contributed by atoms with Gasteiger partial charge in [0.05, 0.1) is 19.7 Å². The van der Waals surface area contributed by atoms with Gasteiger partial charge in [0.1, 0.15) is 11.6 Å². The zero-order valence-electron chi connectivity index (χ0n) is 18.3. The summed E-state index contributed by atoms with van der Waals surface area (Å²) in [6, 6.07) is 6.38. The van der Waals surface area contributed by atoms with Crippen LogP contribution in [0.15, 0.2) is 23.2 Å². The molecule has 0 atom stereocenters. The van der Waals surface area contributed by atoms with Crippen LogP contribution in [0.3, 0.4) is 0 Å². The van der Waals surface area contributed by atoms with Crippen molar-refractivity contribution in [2.75, 3.05) is 13.2 Å². The molecular formula is C23H34N6O. The molecular weight excluding hydrogens is 376 g/mol. The largest absolute Gasteiger partial charge is 0.493 e. The maximum atomic E-state index is 6.10. The third kappa shape index (κ3) is 5.52. The van der Waals surface area contributed by atoms with Crippen molar-refractivity contribution in [3.05, 3.63) is 41.0 Å². The third-order valence-corrected chi connectivity index (χ3v) is 5.75. The molecule has 1 aliphatic heterocycles. The maximum Gasteiger partial charge on any atom is 0.191 e. The van der Waals surface area contributed by atoms with E-state index in [-0.39, 0.29) is 0 Å². The monoisotopic (exact) mass is 410 g/mol. The maximum absolute atomic E-state index is 6.10. The average molecular weight is 411 g/mol. The van der Waals surface area contributed by atoms with Crippen molar-refractivity contribution in [3.8, 4) is 5.75 Å². The van der Waals surface area contributed by atoms with Crippen LogP contribution >= 0.6 is 0 Å². The smallest absolute Gasteiger partial charge is 0.191 e. The number of hydrogen-bond acceptors (Lipinski definition) is 4. The van der Waals surface area contributed by atoms with E-state index in [1.165, 1.54) is 37.7 Å². The van der Waals surface area contributed by atoms with Crippen LogP contribution in [0.4, 0.5) is 0 Å². The van der Waals surface area contributed by atoms with Crippen molar-refractivity contribution in [1.82, 2.24) is 25.4 Å². The molecule has 0 bridgehead atoms. The first kappa shape index (κ1) is 20.7. The first-order chi connectivity index (χ1) is 14.7. The van der Waals surface area contributed by atoms with Gasteiger partial charge in [-0.1, -0.05) is 18.6 Å². The SMILES string of the molecule is CCNC(=NCc1ccc(C)cc1OCC1CC1)NCc1nnc2n1CCCCC2. The van der Waals surface area contributed by atoms with Crippen LogP contribution in [-0.4, -0.2) is 33.9 Å². The molecule has 0 spiro atoms. The fourth-order valence-corrected chi connectivity index (χ4v) is 3.76. The zero-order chi connectivity index (χ0) is 20.8. The molecule has 0 amide bonds. The Bertz CT molecular complexity index is 871. The molecule has 2 heterocycles. The van der Waals surface area contributed by atoms with Crippen molar-refractivity contribution < 1.29 is 4.74 Å². The Hall–Kier alpha value is -2.57. The molecule has 7 heteroatoms. The second-order valence-electron chi connectivity index (χ2n) is 8.41. The Morgan fingerprint density at radius 1 is 1.20 bits per heavy atom. The van der Waals surface area contributed by atoms with Gasteiger partial charge in [-0.15, -0.1) is 10.2 Å². The second-order valence-corrected chi connectivity index (χ2v) is 8.41. The van der Waals surface area contributed by atoms with E-state index in [1.807, 2.05) is 0 Å². The standard InChI is InChI=1S/C23H34N6O/c1-3-24-23(26-15-22-28-27-21-7-5-4-6-12-29(21)22)25-14-19-11-8-17(2)13-20(19)30-16-18-9-10-18/h8,11,13,18H,3-7,9-10,12,14-16H2,1-2H3,(H2,24,25,26). The average Bonchev–Trinajstić information content (AvgIpc) is 3.54. The van der Waals surface area contributed by atoms with E-state index in [4.69, 9.17) is 9.73 Å². The molecule has 1 saturated carbocycles. The lowest BCUT2D eigenvalue weighted by Gasteiger charge is -2.14. The number of aromatic nitrogens is 3. The molecule has 1 aromatic carbocycles. The van der Waals surface area contributed by atoms with Gasteiger partial charge in [0.25, 0.3) is 0 Å². The molecule has 7 nitrogen and oxygen atoms in total. The number of nitrogens with one attached hydrogen (secondary N) is 2. The number of fused-ring (bicyclic) bond motifs is 1. The van der Waals surface area contributed by atoms with Crippen LogP contribution in [-0.2, 0) is 26.1 Å². The van der Waals surface area contributed by atoms with Gasteiger partial charge in [-0.2, -0.15) is 0 Å². The van der Waals surface area contributed by atoms with E-state index in [2.05, 4.69) is 57.4 Å². The topological polar surface area (TPSA) is 76.4 Å². The van der Waals surface area contributed by atoms with E-state index < -0.39 is 0 Å². The Kier molecular flexibility index (Phi) is 6.87. The predicted molar refractivity (Wildman–Crippen MR) is 119 cm³/mol. The van der Waals surface area contributed by atoms with Gasteiger partial charge < -0.3 is 19.9 Å². The normalized spacial score (nSPS) is 16.7. The van der Waals surface area contributed by atoms with Crippen LogP contribution < -0.4 is 15.4 Å². The van der Waals surface area contributed by atoms with E-state index >= 15 is 0 Å². The van der Waals surface area contributed by atoms with Gasteiger partial charge in [-0.3, -0.25) is 0 Å². The van der Waals surface area contributed by atoms with E-state index in [0.29, 0.717) is 13.1 Å². The lowest BCUT2D eigenvalue weighted by Crippen LogP contribution is -2.37. The highest BCUT2D eigenvalue weighted by Crippen LogP contribution is 2.31. The number of ether oxygens (including phenoxy) is 1. The number of nitrogens with zero attached hydrogens (tertiary/aromatic N) is 4. The van der Waals surface area contributed by atoms with E-state index in [9.17, 15) is 0 Å². The zero-order valence-corrected chi connectivity index (χ0v) is 18.3. The molecule has 1 aliphatic carbocycles. The van der Waals surface area contributed by atoms with Gasteiger partial charge in [0.15, 0.2) is 11.8 Å². The van der Waals surface area contributed by atoms with E-state index in [1.54, 1.807) is 0 Å². The summed E-state index contributed by atoms with van der Waals surface area (Å²) >= 11 is 0. The highest BCUT2D eigenvalue weighted by Gasteiger charge is 2.22. The number of aliphatic imine (C=N–C) groups is 1. The Labute approximate surface area is 179 Å². The first-order valence-electron chi connectivity index (χ1n) is 11.4. The minimum absolute atomic E-state index is 0.577. The van der Waals surface area contributed by atoms with Crippen LogP contribution in [0, 0.1) is 12.8 Å². The Morgan fingerprint density at radius 2 is 2.10 bits per heavy atom. The summed E-state index contributed by atoms with van der Waals surface area (Å²) in [6.45, 7) is 8.02. The minimum Gasteiger partial charge on any atom is -0.493 e. The second kappa shape index (κ2) is 9.96. The number of hydrogen-bond donors (Lipinski definition) is 2. The molecule has 1 fully saturated rings. The summed E-state index contributed by atoms with van der Waals surface area (Å²) < 4.78 is 8.37. The highest BCUT2D eigenvalue weighted by molar-refractivity contribution is 5.79. The lowest BCUT2D eigenvalue weighted by molar-refractivity contribution is 0.296. The minimum atomic E-state index is 0.577. The third-order valence-electron chi connectivity index (χ3n) is 5.75. The molecule has 1 aromatic heterocycles. The molecule has 30 heavy (non-hydrogen) atoms. The van der Waals surface area contributed by atoms with Gasteiger partial charge in [-0.25, -0.2) is 4.99 Å². The van der Waals surface area contributed by atoms with Crippen LogP contribution in [0.1, 0.15) is 61.8 Å². The highest BCUT2D eigenvalue weighted by atomic mass is 16.5. The van der Waals surface area contributed by atoms with Crippen molar-refractivity contribution in [3.63, 3.8) is 0 Å². The van der Waals surface area contributed by atoms with Gasteiger partial charge in [0.2, 0.25) is 0 Å². The summed E-state index contributed by atoms with van der Waals surface area (Å²) in [6.07, 6.45) is 7.28. The molecule has 4 rings (SSSR count). The molecule has 2 aromatic rings. The molecule has 0 radical (unpaired) electrons. The van der Waals surface area contributed by atoms with Gasteiger partial charge in [0, 0.05) is 25.1 Å². The first-order valence-corrected chi connectivity index (χ1v) is 11.4. The molecule has 162 valence electrons. The number of benzene rings is 1. The molecule has 2 N–H and O–H groups in total. The van der Waals surface area contributed by atoms with Crippen LogP contribution in [0.5, 0.6) is 5.75 Å². The number of aryl methyl sites for hydroxylation is 2. The summed E-state index contributed by atoms with van der Waals surface area (Å²) in [5, 5.41) is 15.6. The Morgan fingerprint density at radius 3 is 2.93 bits per heavy atom. The van der Waals surface area contributed by atoms with Crippen LogP contribution in [0.2, 0.25) is 0 Å². The number of rotatable bonds is 8. The van der Waals surface area contributed by atoms with Gasteiger partial charge >= 0.3 is 0 Å². The quantitative estimate of drug-likeness (QED) is 0.516. The fraction of sp³-hybridized carbons (Fsp3) is 0.609. The van der Waals surface area contributed by atoms with Crippen molar-refractivity contribution in [2.24, 2.45) is 10.9 Å². The summed E-state index contributed by atoms with van der Waals surface area (Å²) in [5.41, 5.74) is 2.33. The summed E-state index contributed by atoms with van der Waals surface area (Å²) in [7, 11) is 0. The summed E-state index contributed by atoms with van der Waals surface area (Å²) in [4.78, 5) is 4.80.